The highest BCUT2D eigenvalue weighted by Crippen LogP contribution is 2.27. The normalized spacial score (nSPS) is 19.9. The summed E-state index contributed by atoms with van der Waals surface area (Å²) in [4.78, 5) is 0. The molecule has 1 saturated carbocycles. The topological polar surface area (TPSA) is 43.8 Å². The highest BCUT2D eigenvalue weighted by atomic mass is 15.3. The maximum Gasteiger partial charge on any atom is 0.0640 e. The van der Waals surface area contributed by atoms with E-state index in [0.717, 1.165) is 18.5 Å². The molecule has 90 valence electrons. The molecule has 16 heavy (non-hydrogen) atoms. The van der Waals surface area contributed by atoms with Gasteiger partial charge in [-0.05, 0) is 25.3 Å². The molecule has 1 heterocycles. The lowest BCUT2D eigenvalue weighted by Gasteiger charge is -2.21. The number of hydrogen-bond acceptors (Lipinski definition) is 2. The first kappa shape index (κ1) is 11.6. The van der Waals surface area contributed by atoms with Crippen LogP contribution in [0.5, 0.6) is 0 Å². The van der Waals surface area contributed by atoms with Gasteiger partial charge in [-0.25, -0.2) is 0 Å². The smallest absolute Gasteiger partial charge is 0.0640 e. The molecule has 1 aliphatic rings. The summed E-state index contributed by atoms with van der Waals surface area (Å²) < 4.78 is 2.16. The van der Waals surface area contributed by atoms with Crippen LogP contribution in [0.3, 0.4) is 0 Å². The molecule has 0 aromatic carbocycles. The SMILES string of the molecule is CCC(N)Cc1ccn(C2CCCCC2)n1. The summed E-state index contributed by atoms with van der Waals surface area (Å²) in [5, 5.41) is 4.66. The Kier molecular flexibility index (Phi) is 3.99. The van der Waals surface area contributed by atoms with Crippen LogP contribution in [0, 0.1) is 0 Å². The van der Waals surface area contributed by atoms with Gasteiger partial charge in [0.25, 0.3) is 0 Å². The minimum atomic E-state index is 0.259. The molecule has 1 aliphatic carbocycles. The third kappa shape index (κ3) is 2.85. The molecule has 0 amide bonds. The molecular formula is C13H23N3. The van der Waals surface area contributed by atoms with Gasteiger partial charge in [-0.3, -0.25) is 4.68 Å². The Morgan fingerprint density at radius 3 is 2.88 bits per heavy atom. The van der Waals surface area contributed by atoms with Crippen molar-refractivity contribution in [3.8, 4) is 0 Å². The van der Waals surface area contributed by atoms with Gasteiger partial charge in [0.2, 0.25) is 0 Å². The minimum Gasteiger partial charge on any atom is -0.327 e. The van der Waals surface area contributed by atoms with Crippen molar-refractivity contribution in [2.24, 2.45) is 5.73 Å². The predicted molar refractivity (Wildman–Crippen MR) is 66.3 cm³/mol. The van der Waals surface area contributed by atoms with Crippen molar-refractivity contribution in [3.63, 3.8) is 0 Å². The molecule has 2 rings (SSSR count). The summed E-state index contributed by atoms with van der Waals surface area (Å²) in [6.07, 6.45) is 10.8. The Bertz CT molecular complexity index is 313. The molecular weight excluding hydrogens is 198 g/mol. The summed E-state index contributed by atoms with van der Waals surface area (Å²) >= 11 is 0. The van der Waals surface area contributed by atoms with Crippen LogP contribution in [0.15, 0.2) is 12.3 Å². The second-order valence-corrected chi connectivity index (χ2v) is 4.95. The Hall–Kier alpha value is -0.830. The number of hydrogen-bond donors (Lipinski definition) is 1. The molecule has 0 radical (unpaired) electrons. The quantitative estimate of drug-likeness (QED) is 0.849. The van der Waals surface area contributed by atoms with Crippen LogP contribution in [0.4, 0.5) is 0 Å². The molecule has 1 unspecified atom stereocenters. The standard InChI is InChI=1S/C13H23N3/c1-2-11(14)10-12-8-9-16(15-12)13-6-4-3-5-7-13/h8-9,11,13H,2-7,10,14H2,1H3. The monoisotopic (exact) mass is 221 g/mol. The van der Waals surface area contributed by atoms with Crippen molar-refractivity contribution in [2.45, 2.75) is 64.0 Å². The van der Waals surface area contributed by atoms with E-state index in [1.807, 2.05) is 0 Å². The Morgan fingerprint density at radius 1 is 1.44 bits per heavy atom. The molecule has 0 bridgehead atoms. The molecule has 3 nitrogen and oxygen atoms in total. The van der Waals surface area contributed by atoms with Gasteiger partial charge in [0.1, 0.15) is 0 Å². The lowest BCUT2D eigenvalue weighted by atomic mass is 9.96. The highest BCUT2D eigenvalue weighted by molar-refractivity contribution is 5.02. The third-order valence-electron chi connectivity index (χ3n) is 3.61. The van der Waals surface area contributed by atoms with E-state index in [-0.39, 0.29) is 6.04 Å². The van der Waals surface area contributed by atoms with Crippen LogP contribution in [-0.2, 0) is 6.42 Å². The van der Waals surface area contributed by atoms with Crippen LogP contribution in [0.1, 0.15) is 57.2 Å². The zero-order chi connectivity index (χ0) is 11.4. The first-order valence-electron chi connectivity index (χ1n) is 6.59. The fraction of sp³-hybridized carbons (Fsp3) is 0.769. The van der Waals surface area contributed by atoms with Crippen molar-refractivity contribution >= 4 is 0 Å². The number of nitrogens with two attached hydrogens (primary N) is 1. The predicted octanol–water partition coefficient (Wildman–Crippen LogP) is 2.67. The Balaban J connectivity index is 1.95. The third-order valence-corrected chi connectivity index (χ3v) is 3.61. The second kappa shape index (κ2) is 5.48. The van der Waals surface area contributed by atoms with E-state index in [2.05, 4.69) is 29.0 Å². The van der Waals surface area contributed by atoms with Crippen LogP contribution >= 0.6 is 0 Å². The maximum atomic E-state index is 5.94. The molecule has 1 aromatic rings. The van der Waals surface area contributed by atoms with Crippen LogP contribution in [0.2, 0.25) is 0 Å². The van der Waals surface area contributed by atoms with Gasteiger partial charge in [0, 0.05) is 18.7 Å². The zero-order valence-electron chi connectivity index (χ0n) is 10.2. The van der Waals surface area contributed by atoms with Gasteiger partial charge in [0.05, 0.1) is 11.7 Å². The zero-order valence-corrected chi connectivity index (χ0v) is 10.2. The number of rotatable bonds is 4. The fourth-order valence-corrected chi connectivity index (χ4v) is 2.45. The van der Waals surface area contributed by atoms with Gasteiger partial charge in [-0.1, -0.05) is 26.2 Å². The molecule has 0 saturated heterocycles. The summed E-state index contributed by atoms with van der Waals surface area (Å²) in [6, 6.07) is 3.03. The molecule has 1 fully saturated rings. The van der Waals surface area contributed by atoms with E-state index >= 15 is 0 Å². The molecule has 2 N–H and O–H groups in total. The lowest BCUT2D eigenvalue weighted by Crippen LogP contribution is -2.22. The average molecular weight is 221 g/mol. The second-order valence-electron chi connectivity index (χ2n) is 4.95. The van der Waals surface area contributed by atoms with E-state index in [0.29, 0.717) is 6.04 Å². The van der Waals surface area contributed by atoms with Crippen LogP contribution in [-0.4, -0.2) is 15.8 Å². The first-order valence-corrected chi connectivity index (χ1v) is 6.59. The molecule has 0 spiro atoms. The van der Waals surface area contributed by atoms with Gasteiger partial charge in [-0.2, -0.15) is 5.10 Å². The van der Waals surface area contributed by atoms with Crippen molar-refractivity contribution < 1.29 is 0 Å². The van der Waals surface area contributed by atoms with Gasteiger partial charge < -0.3 is 5.73 Å². The van der Waals surface area contributed by atoms with Gasteiger partial charge in [0.15, 0.2) is 0 Å². The largest absolute Gasteiger partial charge is 0.327 e. The Labute approximate surface area is 98.0 Å². The molecule has 3 heteroatoms. The molecule has 0 aliphatic heterocycles. The van der Waals surface area contributed by atoms with E-state index in [9.17, 15) is 0 Å². The summed E-state index contributed by atoms with van der Waals surface area (Å²) in [5.74, 6) is 0. The lowest BCUT2D eigenvalue weighted by molar-refractivity contribution is 0.327. The van der Waals surface area contributed by atoms with Crippen molar-refractivity contribution in [2.75, 3.05) is 0 Å². The van der Waals surface area contributed by atoms with E-state index in [1.165, 1.54) is 32.1 Å². The van der Waals surface area contributed by atoms with Crippen LogP contribution < -0.4 is 5.73 Å². The van der Waals surface area contributed by atoms with Gasteiger partial charge >= 0.3 is 0 Å². The fourth-order valence-electron chi connectivity index (χ4n) is 2.45. The minimum absolute atomic E-state index is 0.259. The maximum absolute atomic E-state index is 5.94. The molecule has 1 aromatic heterocycles. The Morgan fingerprint density at radius 2 is 2.19 bits per heavy atom. The van der Waals surface area contributed by atoms with Crippen molar-refractivity contribution in [1.82, 2.24) is 9.78 Å². The molecule has 1 atom stereocenters. The van der Waals surface area contributed by atoms with E-state index < -0.39 is 0 Å². The van der Waals surface area contributed by atoms with E-state index in [1.54, 1.807) is 0 Å². The summed E-state index contributed by atoms with van der Waals surface area (Å²) in [5.41, 5.74) is 7.10. The van der Waals surface area contributed by atoms with Crippen LogP contribution in [0.25, 0.3) is 0 Å². The van der Waals surface area contributed by atoms with Gasteiger partial charge in [-0.15, -0.1) is 0 Å². The summed E-state index contributed by atoms with van der Waals surface area (Å²) in [6.45, 7) is 2.13. The number of nitrogens with zero attached hydrogens (tertiary/aromatic N) is 2. The number of aromatic nitrogens is 2. The average Bonchev–Trinajstić information content (AvgIpc) is 2.78. The highest BCUT2D eigenvalue weighted by Gasteiger charge is 2.16. The van der Waals surface area contributed by atoms with Crippen molar-refractivity contribution in [1.29, 1.82) is 0 Å². The van der Waals surface area contributed by atoms with E-state index in [4.69, 9.17) is 5.73 Å². The summed E-state index contributed by atoms with van der Waals surface area (Å²) in [7, 11) is 0. The van der Waals surface area contributed by atoms with Crippen molar-refractivity contribution in [3.05, 3.63) is 18.0 Å². The first-order chi connectivity index (χ1) is 7.79.